The lowest BCUT2D eigenvalue weighted by Gasteiger charge is -2.10. The minimum absolute atomic E-state index is 0.102. The average Bonchev–Trinajstić information content (AvgIpc) is 2.39. The molecule has 0 saturated heterocycles. The van der Waals surface area contributed by atoms with Gasteiger partial charge in [-0.05, 0) is 19.1 Å². The van der Waals surface area contributed by atoms with Crippen LogP contribution in [0.2, 0.25) is 0 Å². The lowest BCUT2D eigenvalue weighted by molar-refractivity contribution is -0.141. The second kappa shape index (κ2) is 7.01. The lowest BCUT2D eigenvalue weighted by atomic mass is 10.3. The summed E-state index contributed by atoms with van der Waals surface area (Å²) in [4.78, 5) is 22.0. The van der Waals surface area contributed by atoms with Crippen molar-refractivity contribution in [2.75, 3.05) is 6.54 Å². The van der Waals surface area contributed by atoms with E-state index in [-0.39, 0.29) is 17.9 Å². The molecule has 0 spiro atoms. The maximum Gasteiger partial charge on any atom is 0.325 e. The summed E-state index contributed by atoms with van der Waals surface area (Å²) in [6.45, 7) is 1.23. The number of nitrogens with one attached hydrogen (secondary N) is 2. The van der Waals surface area contributed by atoms with Gasteiger partial charge in [-0.3, -0.25) is 9.59 Å². The zero-order chi connectivity index (χ0) is 15.2. The van der Waals surface area contributed by atoms with Crippen LogP contribution in [0.4, 0.5) is 0 Å². The van der Waals surface area contributed by atoms with Crippen molar-refractivity contribution in [3.63, 3.8) is 0 Å². The number of carboxylic acid groups (broad SMARTS) is 1. The molecule has 0 aliphatic heterocycles. The van der Waals surface area contributed by atoms with Gasteiger partial charge in [-0.1, -0.05) is 18.2 Å². The molecule has 1 rings (SSSR count). The Bertz CT molecular complexity index is 571. The van der Waals surface area contributed by atoms with E-state index in [1.807, 2.05) is 0 Å². The molecule has 0 bridgehead atoms. The topological polar surface area (TPSA) is 113 Å². The van der Waals surface area contributed by atoms with E-state index in [4.69, 9.17) is 5.11 Å². The van der Waals surface area contributed by atoms with Gasteiger partial charge >= 0.3 is 5.97 Å². The maximum atomic E-state index is 11.8. The van der Waals surface area contributed by atoms with Crippen LogP contribution < -0.4 is 10.0 Å². The Morgan fingerprint density at radius 1 is 1.25 bits per heavy atom. The van der Waals surface area contributed by atoms with Gasteiger partial charge in [0.05, 0.1) is 4.90 Å². The van der Waals surface area contributed by atoms with Gasteiger partial charge in [-0.2, -0.15) is 0 Å². The molecule has 1 aromatic rings. The minimum atomic E-state index is -3.65. The molecule has 0 aliphatic rings. The normalized spacial score (nSPS) is 12.7. The average molecular weight is 300 g/mol. The molecule has 8 heteroatoms. The van der Waals surface area contributed by atoms with Crippen molar-refractivity contribution in [1.82, 2.24) is 10.0 Å². The molecule has 1 amide bonds. The molecule has 0 aromatic heterocycles. The van der Waals surface area contributed by atoms with E-state index in [9.17, 15) is 18.0 Å². The number of hydrogen-bond acceptors (Lipinski definition) is 4. The first kappa shape index (κ1) is 16.1. The number of carbonyl (C=O) groups excluding carboxylic acids is 1. The van der Waals surface area contributed by atoms with Gasteiger partial charge in [-0.25, -0.2) is 13.1 Å². The molecule has 20 heavy (non-hydrogen) atoms. The highest BCUT2D eigenvalue weighted by Gasteiger charge is 2.16. The molecule has 0 heterocycles. The summed E-state index contributed by atoms with van der Waals surface area (Å²) >= 11 is 0. The number of amides is 1. The van der Waals surface area contributed by atoms with Gasteiger partial charge in [0.15, 0.2) is 0 Å². The third kappa shape index (κ3) is 4.98. The second-order valence-corrected chi connectivity index (χ2v) is 5.86. The Hall–Kier alpha value is -1.93. The molecule has 0 aliphatic carbocycles. The highest BCUT2D eigenvalue weighted by Crippen LogP contribution is 2.06. The van der Waals surface area contributed by atoms with Crippen molar-refractivity contribution in [2.45, 2.75) is 24.3 Å². The maximum absolute atomic E-state index is 11.8. The first-order valence-electron chi connectivity index (χ1n) is 5.90. The van der Waals surface area contributed by atoms with Crippen LogP contribution in [0.5, 0.6) is 0 Å². The zero-order valence-electron chi connectivity index (χ0n) is 10.9. The smallest absolute Gasteiger partial charge is 0.325 e. The van der Waals surface area contributed by atoms with Crippen LogP contribution in [-0.2, 0) is 19.6 Å². The van der Waals surface area contributed by atoms with Crippen molar-refractivity contribution in [3.8, 4) is 0 Å². The summed E-state index contributed by atoms with van der Waals surface area (Å²) in [5, 5.41) is 10.8. The van der Waals surface area contributed by atoms with Gasteiger partial charge < -0.3 is 10.4 Å². The van der Waals surface area contributed by atoms with E-state index in [0.29, 0.717) is 0 Å². The summed E-state index contributed by atoms with van der Waals surface area (Å²) < 4.78 is 25.9. The lowest BCUT2D eigenvalue weighted by Crippen LogP contribution is -2.39. The SMILES string of the molecule is C[C@H](NC(=O)CCNS(=O)(=O)c1ccccc1)C(=O)O. The quantitative estimate of drug-likeness (QED) is 0.653. The number of carboxylic acids is 1. The van der Waals surface area contributed by atoms with Crippen molar-refractivity contribution in [2.24, 2.45) is 0 Å². The fourth-order valence-corrected chi connectivity index (χ4v) is 2.41. The Kier molecular flexibility index (Phi) is 5.66. The largest absolute Gasteiger partial charge is 0.480 e. The first-order valence-corrected chi connectivity index (χ1v) is 7.38. The number of carbonyl (C=O) groups is 2. The van der Waals surface area contributed by atoms with E-state index >= 15 is 0 Å². The molecule has 0 unspecified atom stereocenters. The van der Waals surface area contributed by atoms with Gasteiger partial charge in [0, 0.05) is 13.0 Å². The number of sulfonamides is 1. The third-order valence-electron chi connectivity index (χ3n) is 2.45. The molecule has 0 fully saturated rings. The monoisotopic (exact) mass is 300 g/mol. The molecule has 1 aromatic carbocycles. The van der Waals surface area contributed by atoms with Crippen LogP contribution in [-0.4, -0.2) is 38.0 Å². The second-order valence-electron chi connectivity index (χ2n) is 4.09. The molecule has 3 N–H and O–H groups in total. The van der Waals surface area contributed by atoms with Crippen molar-refractivity contribution in [3.05, 3.63) is 30.3 Å². The predicted octanol–water partition coefficient (Wildman–Crippen LogP) is -0.0557. The van der Waals surface area contributed by atoms with Gasteiger partial charge in [0.2, 0.25) is 15.9 Å². The highest BCUT2D eigenvalue weighted by atomic mass is 32.2. The Balaban J connectivity index is 2.45. The van der Waals surface area contributed by atoms with E-state index < -0.39 is 27.9 Å². The van der Waals surface area contributed by atoms with Gasteiger partial charge in [0.25, 0.3) is 0 Å². The minimum Gasteiger partial charge on any atom is -0.480 e. The molecular formula is C12H16N2O5S. The van der Waals surface area contributed by atoms with E-state index in [1.165, 1.54) is 19.1 Å². The summed E-state index contributed by atoms with van der Waals surface area (Å²) in [6, 6.07) is 6.75. The highest BCUT2D eigenvalue weighted by molar-refractivity contribution is 7.89. The summed E-state index contributed by atoms with van der Waals surface area (Å²) in [5.41, 5.74) is 0. The molecule has 7 nitrogen and oxygen atoms in total. The van der Waals surface area contributed by atoms with Crippen LogP contribution in [0, 0.1) is 0 Å². The molecule has 0 saturated carbocycles. The summed E-state index contributed by atoms with van der Waals surface area (Å²) in [6.07, 6.45) is -0.135. The molecule has 110 valence electrons. The first-order chi connectivity index (χ1) is 9.33. The predicted molar refractivity (Wildman–Crippen MR) is 71.5 cm³/mol. The fourth-order valence-electron chi connectivity index (χ4n) is 1.36. The van der Waals surface area contributed by atoms with Gasteiger partial charge in [-0.15, -0.1) is 0 Å². The Morgan fingerprint density at radius 3 is 2.40 bits per heavy atom. The molecule has 1 atom stereocenters. The number of aliphatic carboxylic acids is 1. The zero-order valence-corrected chi connectivity index (χ0v) is 11.7. The van der Waals surface area contributed by atoms with E-state index in [0.717, 1.165) is 0 Å². The third-order valence-corrected chi connectivity index (χ3v) is 3.92. The standard InChI is InChI=1S/C12H16N2O5S/c1-9(12(16)17)14-11(15)7-8-13-20(18,19)10-5-3-2-4-6-10/h2-6,9,13H,7-8H2,1H3,(H,14,15)(H,16,17)/t9-/m0/s1. The Labute approximate surface area is 117 Å². The Morgan fingerprint density at radius 2 is 1.85 bits per heavy atom. The van der Waals surface area contributed by atoms with Crippen LogP contribution in [0.25, 0.3) is 0 Å². The number of benzene rings is 1. The van der Waals surface area contributed by atoms with Crippen molar-refractivity contribution >= 4 is 21.9 Å². The van der Waals surface area contributed by atoms with Crippen LogP contribution >= 0.6 is 0 Å². The van der Waals surface area contributed by atoms with Crippen molar-refractivity contribution in [1.29, 1.82) is 0 Å². The summed E-state index contributed by atoms with van der Waals surface area (Å²) in [5.74, 6) is -1.68. The molecular weight excluding hydrogens is 284 g/mol. The summed E-state index contributed by atoms with van der Waals surface area (Å²) in [7, 11) is -3.65. The van der Waals surface area contributed by atoms with Gasteiger partial charge in [0.1, 0.15) is 6.04 Å². The van der Waals surface area contributed by atoms with E-state index in [1.54, 1.807) is 18.2 Å². The van der Waals surface area contributed by atoms with Crippen molar-refractivity contribution < 1.29 is 23.1 Å². The van der Waals surface area contributed by atoms with E-state index in [2.05, 4.69) is 10.0 Å². The van der Waals surface area contributed by atoms with Crippen LogP contribution in [0.15, 0.2) is 35.2 Å². The van der Waals surface area contributed by atoms with Crippen LogP contribution in [0.3, 0.4) is 0 Å². The fraction of sp³-hybridized carbons (Fsp3) is 0.333. The number of hydrogen-bond donors (Lipinski definition) is 3. The number of rotatable bonds is 7. The van der Waals surface area contributed by atoms with Crippen LogP contribution in [0.1, 0.15) is 13.3 Å². The molecule has 0 radical (unpaired) electrons.